The molecule has 2 N–H and O–H groups in total. The Morgan fingerprint density at radius 2 is 2.04 bits per heavy atom. The molecule has 0 amide bonds. The number of likely N-dealkylation sites (tertiary alicyclic amines) is 1. The highest BCUT2D eigenvalue weighted by atomic mass is 19.3. The number of hydrogen-bond donors (Lipinski definition) is 2. The Morgan fingerprint density at radius 1 is 1.26 bits per heavy atom. The van der Waals surface area contributed by atoms with Gasteiger partial charge in [-0.3, -0.25) is 4.90 Å². The average molecular weight is 380 g/mol. The van der Waals surface area contributed by atoms with Crippen LogP contribution in [0.5, 0.6) is 5.75 Å². The van der Waals surface area contributed by atoms with Gasteiger partial charge in [0.05, 0.1) is 6.54 Å². The zero-order valence-electron chi connectivity index (χ0n) is 16.0. The van der Waals surface area contributed by atoms with Gasteiger partial charge in [-0.2, -0.15) is 8.78 Å². The molecule has 0 spiro atoms. The number of alkyl halides is 2. The summed E-state index contributed by atoms with van der Waals surface area (Å²) >= 11 is 0. The third-order valence-corrected chi connectivity index (χ3v) is 5.34. The minimum atomic E-state index is -2.83. The quantitative estimate of drug-likeness (QED) is 0.563. The van der Waals surface area contributed by atoms with E-state index in [0.717, 1.165) is 38.1 Å². The van der Waals surface area contributed by atoms with Crippen LogP contribution in [0.3, 0.4) is 0 Å². The highest BCUT2D eigenvalue weighted by Crippen LogP contribution is 2.26. The molecule has 0 bridgehead atoms. The molecule has 1 aromatic carbocycles. The standard InChI is InChI=1S/C20H30F2N4O/c1-2-23-20(24-13-15-7-3-6-10-18(15)27-19(21)22)25-16-11-12-26(14-16)17-8-4-5-9-17/h3,6-7,10,16-17,19H,2,4-5,8-9,11-14H2,1H3,(H2,23,24,25). The van der Waals surface area contributed by atoms with Gasteiger partial charge in [0.1, 0.15) is 5.75 Å². The van der Waals surface area contributed by atoms with Gasteiger partial charge in [-0.15, -0.1) is 0 Å². The molecule has 1 saturated carbocycles. The molecule has 1 heterocycles. The molecular formula is C20H30F2N4O. The number of benzene rings is 1. The first kappa shape index (κ1) is 19.9. The Labute approximate surface area is 160 Å². The van der Waals surface area contributed by atoms with Crippen LogP contribution in [0.4, 0.5) is 8.78 Å². The predicted octanol–water partition coefficient (Wildman–Crippen LogP) is 3.36. The van der Waals surface area contributed by atoms with Crippen LogP contribution in [0.2, 0.25) is 0 Å². The van der Waals surface area contributed by atoms with Crippen molar-refractivity contribution in [1.29, 1.82) is 0 Å². The Kier molecular flexibility index (Phi) is 7.26. The van der Waals surface area contributed by atoms with Crippen molar-refractivity contribution in [3.63, 3.8) is 0 Å². The summed E-state index contributed by atoms with van der Waals surface area (Å²) < 4.78 is 29.7. The number of aliphatic imine (C=N–C) groups is 1. The second-order valence-electron chi connectivity index (χ2n) is 7.24. The van der Waals surface area contributed by atoms with Crippen LogP contribution >= 0.6 is 0 Å². The molecule has 150 valence electrons. The van der Waals surface area contributed by atoms with Gasteiger partial charge in [0, 0.05) is 37.3 Å². The molecule has 1 aliphatic carbocycles. The number of nitrogens with zero attached hydrogens (tertiary/aromatic N) is 2. The van der Waals surface area contributed by atoms with E-state index in [2.05, 4.69) is 25.3 Å². The van der Waals surface area contributed by atoms with E-state index in [0.29, 0.717) is 11.6 Å². The number of ether oxygens (including phenoxy) is 1. The van der Waals surface area contributed by atoms with Crippen LogP contribution in [0.1, 0.15) is 44.6 Å². The summed E-state index contributed by atoms with van der Waals surface area (Å²) in [6.07, 6.45) is 6.45. The van der Waals surface area contributed by atoms with Gasteiger partial charge in [-0.25, -0.2) is 4.99 Å². The summed E-state index contributed by atoms with van der Waals surface area (Å²) in [4.78, 5) is 7.19. The lowest BCUT2D eigenvalue weighted by atomic mass is 10.2. The zero-order chi connectivity index (χ0) is 19.1. The van der Waals surface area contributed by atoms with E-state index >= 15 is 0 Å². The van der Waals surface area contributed by atoms with Crippen molar-refractivity contribution in [3.8, 4) is 5.75 Å². The second-order valence-corrected chi connectivity index (χ2v) is 7.24. The Balaban J connectivity index is 1.59. The fraction of sp³-hybridized carbons (Fsp3) is 0.650. The van der Waals surface area contributed by atoms with Gasteiger partial charge in [0.25, 0.3) is 0 Å². The number of para-hydroxylation sites is 1. The Hall–Kier alpha value is -1.89. The molecule has 2 fully saturated rings. The molecule has 1 atom stereocenters. The number of guanidine groups is 1. The van der Waals surface area contributed by atoms with Gasteiger partial charge in [-0.05, 0) is 32.3 Å². The average Bonchev–Trinajstić information content (AvgIpc) is 3.32. The minimum absolute atomic E-state index is 0.181. The molecule has 2 aliphatic rings. The SMILES string of the molecule is CCNC(=NCc1ccccc1OC(F)F)NC1CCN(C2CCCC2)C1. The van der Waals surface area contributed by atoms with E-state index in [1.165, 1.54) is 25.7 Å². The summed E-state index contributed by atoms with van der Waals surface area (Å²) in [7, 11) is 0. The molecule has 0 aromatic heterocycles. The van der Waals surface area contributed by atoms with Crippen molar-refractivity contribution in [2.45, 2.75) is 64.3 Å². The van der Waals surface area contributed by atoms with E-state index in [9.17, 15) is 8.78 Å². The Morgan fingerprint density at radius 3 is 2.78 bits per heavy atom. The van der Waals surface area contributed by atoms with Crippen molar-refractivity contribution in [3.05, 3.63) is 29.8 Å². The lowest BCUT2D eigenvalue weighted by Gasteiger charge is -2.24. The predicted molar refractivity (Wildman–Crippen MR) is 103 cm³/mol. The van der Waals surface area contributed by atoms with Crippen LogP contribution < -0.4 is 15.4 Å². The summed E-state index contributed by atoms with van der Waals surface area (Å²) in [5, 5.41) is 6.76. The van der Waals surface area contributed by atoms with Crippen LogP contribution in [-0.2, 0) is 6.54 Å². The lowest BCUT2D eigenvalue weighted by molar-refractivity contribution is -0.0504. The van der Waals surface area contributed by atoms with Gasteiger partial charge in [0.15, 0.2) is 5.96 Å². The molecule has 1 unspecified atom stereocenters. The second kappa shape index (κ2) is 9.88. The van der Waals surface area contributed by atoms with Crippen LogP contribution in [0.25, 0.3) is 0 Å². The maximum atomic E-state index is 12.6. The number of nitrogens with one attached hydrogen (secondary N) is 2. The van der Waals surface area contributed by atoms with Gasteiger partial charge < -0.3 is 15.4 Å². The minimum Gasteiger partial charge on any atom is -0.434 e. The highest BCUT2D eigenvalue weighted by molar-refractivity contribution is 5.80. The number of rotatable bonds is 7. The van der Waals surface area contributed by atoms with Gasteiger partial charge in [-0.1, -0.05) is 31.0 Å². The maximum absolute atomic E-state index is 12.6. The molecule has 1 aromatic rings. The highest BCUT2D eigenvalue weighted by Gasteiger charge is 2.30. The van der Waals surface area contributed by atoms with E-state index < -0.39 is 6.61 Å². The molecule has 3 rings (SSSR count). The topological polar surface area (TPSA) is 48.9 Å². The van der Waals surface area contributed by atoms with Crippen molar-refractivity contribution in [1.82, 2.24) is 15.5 Å². The fourth-order valence-corrected chi connectivity index (χ4v) is 4.03. The van der Waals surface area contributed by atoms with Crippen LogP contribution in [0, 0.1) is 0 Å². The maximum Gasteiger partial charge on any atom is 0.387 e. The molecule has 1 saturated heterocycles. The monoisotopic (exact) mass is 380 g/mol. The van der Waals surface area contributed by atoms with Crippen molar-refractivity contribution >= 4 is 5.96 Å². The molecular weight excluding hydrogens is 350 g/mol. The van der Waals surface area contributed by atoms with Crippen molar-refractivity contribution in [2.75, 3.05) is 19.6 Å². The first-order valence-electron chi connectivity index (χ1n) is 9.97. The van der Waals surface area contributed by atoms with Gasteiger partial charge >= 0.3 is 6.61 Å². The van der Waals surface area contributed by atoms with Crippen LogP contribution in [-0.4, -0.2) is 49.2 Å². The van der Waals surface area contributed by atoms with E-state index in [4.69, 9.17) is 0 Å². The summed E-state index contributed by atoms with van der Waals surface area (Å²) in [5.74, 6) is 0.906. The molecule has 5 nitrogen and oxygen atoms in total. The van der Waals surface area contributed by atoms with E-state index in [1.807, 2.05) is 6.92 Å². The first-order valence-corrected chi connectivity index (χ1v) is 9.97. The summed E-state index contributed by atoms with van der Waals surface area (Å²) in [6.45, 7) is 2.40. The first-order chi connectivity index (χ1) is 13.2. The zero-order valence-corrected chi connectivity index (χ0v) is 16.0. The smallest absolute Gasteiger partial charge is 0.387 e. The Bertz CT molecular complexity index is 620. The van der Waals surface area contributed by atoms with Crippen molar-refractivity contribution < 1.29 is 13.5 Å². The van der Waals surface area contributed by atoms with E-state index in [1.54, 1.807) is 24.3 Å². The molecule has 7 heteroatoms. The number of hydrogen-bond acceptors (Lipinski definition) is 3. The van der Waals surface area contributed by atoms with Crippen LogP contribution in [0.15, 0.2) is 29.3 Å². The van der Waals surface area contributed by atoms with Crippen molar-refractivity contribution in [2.24, 2.45) is 4.99 Å². The molecule has 0 radical (unpaired) electrons. The van der Waals surface area contributed by atoms with E-state index in [-0.39, 0.29) is 12.3 Å². The largest absolute Gasteiger partial charge is 0.434 e. The number of halogens is 2. The third-order valence-electron chi connectivity index (χ3n) is 5.34. The normalized spacial score (nSPS) is 21.8. The summed E-state index contributed by atoms with van der Waals surface area (Å²) in [5.41, 5.74) is 0.647. The fourth-order valence-electron chi connectivity index (χ4n) is 4.03. The molecule has 27 heavy (non-hydrogen) atoms. The lowest BCUT2D eigenvalue weighted by Crippen LogP contribution is -2.45. The molecule has 1 aliphatic heterocycles. The summed E-state index contributed by atoms with van der Waals surface area (Å²) in [6, 6.07) is 7.92. The third kappa shape index (κ3) is 5.79. The van der Waals surface area contributed by atoms with Gasteiger partial charge in [0.2, 0.25) is 0 Å².